The summed E-state index contributed by atoms with van der Waals surface area (Å²) in [6.45, 7) is 4.21. The van der Waals surface area contributed by atoms with E-state index in [1.165, 1.54) is 22.5 Å². The molecule has 100 valence electrons. The standard InChI is InChI=1S/C15H16BrNOS/c1-3-10-6-5-7-11(4-2)14(10)17-15(18)12-8-9-13(16)19-12/h5-9H,3-4H2,1-2H3,(H,17,18). The Kier molecular flexibility index (Phi) is 4.77. The van der Waals surface area contributed by atoms with Crippen molar-refractivity contribution in [3.63, 3.8) is 0 Å². The fraction of sp³-hybridized carbons (Fsp3) is 0.267. The summed E-state index contributed by atoms with van der Waals surface area (Å²) >= 11 is 4.83. The molecule has 0 unspecified atom stereocenters. The van der Waals surface area contributed by atoms with Gasteiger partial charge in [0.25, 0.3) is 5.91 Å². The minimum absolute atomic E-state index is 0.0358. The average Bonchev–Trinajstić information content (AvgIpc) is 2.85. The number of carbonyl (C=O) groups excluding carboxylic acids is 1. The van der Waals surface area contributed by atoms with Gasteiger partial charge in [0.1, 0.15) is 0 Å². The molecule has 0 bridgehead atoms. The number of nitrogens with one attached hydrogen (secondary N) is 1. The van der Waals surface area contributed by atoms with Crippen LogP contribution in [0.15, 0.2) is 34.1 Å². The van der Waals surface area contributed by atoms with Gasteiger partial charge in [-0.05, 0) is 52.0 Å². The van der Waals surface area contributed by atoms with Gasteiger partial charge in [-0.3, -0.25) is 4.79 Å². The van der Waals surface area contributed by atoms with Crippen LogP contribution < -0.4 is 5.32 Å². The summed E-state index contributed by atoms with van der Waals surface area (Å²) < 4.78 is 0.970. The van der Waals surface area contributed by atoms with Gasteiger partial charge in [-0.15, -0.1) is 11.3 Å². The van der Waals surface area contributed by atoms with Gasteiger partial charge in [0, 0.05) is 5.69 Å². The molecule has 1 N–H and O–H groups in total. The van der Waals surface area contributed by atoms with Gasteiger partial charge in [-0.2, -0.15) is 0 Å². The summed E-state index contributed by atoms with van der Waals surface area (Å²) in [5.41, 5.74) is 3.34. The summed E-state index contributed by atoms with van der Waals surface area (Å²) in [6, 6.07) is 9.92. The van der Waals surface area contributed by atoms with Crippen LogP contribution in [-0.2, 0) is 12.8 Å². The van der Waals surface area contributed by atoms with Gasteiger partial charge < -0.3 is 5.32 Å². The molecule has 0 saturated heterocycles. The monoisotopic (exact) mass is 337 g/mol. The largest absolute Gasteiger partial charge is 0.321 e. The lowest BCUT2D eigenvalue weighted by Crippen LogP contribution is -2.13. The zero-order valence-corrected chi connectivity index (χ0v) is 13.4. The molecule has 4 heteroatoms. The number of rotatable bonds is 4. The molecule has 0 fully saturated rings. The van der Waals surface area contributed by atoms with E-state index in [4.69, 9.17) is 0 Å². The Morgan fingerprint density at radius 3 is 2.26 bits per heavy atom. The average molecular weight is 338 g/mol. The van der Waals surface area contributed by atoms with Crippen LogP contribution in [0.25, 0.3) is 0 Å². The quantitative estimate of drug-likeness (QED) is 0.845. The first-order valence-electron chi connectivity index (χ1n) is 6.33. The summed E-state index contributed by atoms with van der Waals surface area (Å²) in [5.74, 6) is -0.0358. The fourth-order valence-electron chi connectivity index (χ4n) is 2.01. The molecule has 1 aromatic heterocycles. The van der Waals surface area contributed by atoms with Crippen molar-refractivity contribution in [1.29, 1.82) is 0 Å². The van der Waals surface area contributed by atoms with Crippen LogP contribution in [0.4, 0.5) is 5.69 Å². The molecule has 2 nitrogen and oxygen atoms in total. The van der Waals surface area contributed by atoms with Crippen molar-refractivity contribution in [2.75, 3.05) is 5.32 Å². The van der Waals surface area contributed by atoms with E-state index >= 15 is 0 Å². The molecule has 2 rings (SSSR count). The maximum atomic E-state index is 12.2. The zero-order chi connectivity index (χ0) is 13.8. The van der Waals surface area contributed by atoms with Gasteiger partial charge in [0.05, 0.1) is 8.66 Å². The Balaban J connectivity index is 2.30. The van der Waals surface area contributed by atoms with Crippen LogP contribution in [0.2, 0.25) is 0 Å². The number of para-hydroxylation sites is 1. The Bertz CT molecular complexity index is 569. The normalized spacial score (nSPS) is 10.5. The molecule has 0 radical (unpaired) electrons. The third-order valence-electron chi connectivity index (χ3n) is 3.03. The van der Waals surface area contributed by atoms with E-state index in [-0.39, 0.29) is 5.91 Å². The topological polar surface area (TPSA) is 29.1 Å². The van der Waals surface area contributed by atoms with E-state index in [0.717, 1.165) is 27.2 Å². The van der Waals surface area contributed by atoms with E-state index in [1.807, 2.05) is 12.1 Å². The van der Waals surface area contributed by atoms with E-state index in [0.29, 0.717) is 0 Å². The second-order valence-corrected chi connectivity index (χ2v) is 6.68. The number of hydrogen-bond acceptors (Lipinski definition) is 2. The maximum Gasteiger partial charge on any atom is 0.265 e. The van der Waals surface area contributed by atoms with Crippen LogP contribution in [0, 0.1) is 0 Å². The molecule has 0 aliphatic rings. The first kappa shape index (κ1) is 14.3. The van der Waals surface area contributed by atoms with Gasteiger partial charge in [-0.1, -0.05) is 32.0 Å². The molecule has 1 aromatic carbocycles. The predicted molar refractivity (Wildman–Crippen MR) is 85.2 cm³/mol. The highest BCUT2D eigenvalue weighted by molar-refractivity contribution is 9.11. The number of hydrogen-bond donors (Lipinski definition) is 1. The summed E-state index contributed by atoms with van der Waals surface area (Å²) in [5, 5.41) is 3.06. The maximum absolute atomic E-state index is 12.2. The van der Waals surface area contributed by atoms with Crippen LogP contribution >= 0.6 is 27.3 Å². The van der Waals surface area contributed by atoms with Crippen molar-refractivity contribution in [3.8, 4) is 0 Å². The van der Waals surface area contributed by atoms with Gasteiger partial charge in [0.2, 0.25) is 0 Å². The predicted octanol–water partition coefficient (Wildman–Crippen LogP) is 4.89. The molecule has 0 aliphatic heterocycles. The Hall–Kier alpha value is -1.13. The minimum Gasteiger partial charge on any atom is -0.321 e. The van der Waals surface area contributed by atoms with Crippen molar-refractivity contribution < 1.29 is 4.79 Å². The number of halogens is 1. The van der Waals surface area contributed by atoms with Crippen molar-refractivity contribution in [2.45, 2.75) is 26.7 Å². The summed E-state index contributed by atoms with van der Waals surface area (Å²) in [7, 11) is 0. The van der Waals surface area contributed by atoms with Gasteiger partial charge in [0.15, 0.2) is 0 Å². The first-order chi connectivity index (χ1) is 9.15. The number of anilines is 1. The van der Waals surface area contributed by atoms with Crippen molar-refractivity contribution in [3.05, 3.63) is 50.1 Å². The molecule has 1 amide bonds. The molecular formula is C15H16BrNOS. The minimum atomic E-state index is -0.0358. The lowest BCUT2D eigenvalue weighted by Gasteiger charge is -2.13. The van der Waals surface area contributed by atoms with E-state index in [1.54, 1.807) is 0 Å². The number of amides is 1. The van der Waals surface area contributed by atoms with Crippen molar-refractivity contribution in [2.24, 2.45) is 0 Å². The van der Waals surface area contributed by atoms with Crippen LogP contribution in [0.3, 0.4) is 0 Å². The number of thiophene rings is 1. The lowest BCUT2D eigenvalue weighted by atomic mass is 10.0. The Labute approximate surface area is 126 Å². The highest BCUT2D eigenvalue weighted by Crippen LogP contribution is 2.26. The second-order valence-electron chi connectivity index (χ2n) is 4.22. The molecule has 19 heavy (non-hydrogen) atoms. The highest BCUT2D eigenvalue weighted by atomic mass is 79.9. The van der Waals surface area contributed by atoms with Crippen molar-refractivity contribution in [1.82, 2.24) is 0 Å². The smallest absolute Gasteiger partial charge is 0.265 e. The molecular weight excluding hydrogens is 322 g/mol. The first-order valence-corrected chi connectivity index (χ1v) is 7.94. The number of carbonyl (C=O) groups is 1. The third-order valence-corrected chi connectivity index (χ3v) is 4.66. The van der Waals surface area contributed by atoms with E-state index in [9.17, 15) is 4.79 Å². The van der Waals surface area contributed by atoms with E-state index < -0.39 is 0 Å². The van der Waals surface area contributed by atoms with Gasteiger partial charge >= 0.3 is 0 Å². The number of aryl methyl sites for hydroxylation is 2. The number of benzene rings is 1. The molecule has 0 aliphatic carbocycles. The lowest BCUT2D eigenvalue weighted by molar-refractivity contribution is 0.103. The molecule has 0 atom stereocenters. The van der Waals surface area contributed by atoms with Crippen LogP contribution in [0.5, 0.6) is 0 Å². The Morgan fingerprint density at radius 2 is 1.79 bits per heavy atom. The van der Waals surface area contributed by atoms with Crippen LogP contribution in [-0.4, -0.2) is 5.91 Å². The van der Waals surface area contributed by atoms with Crippen LogP contribution in [0.1, 0.15) is 34.6 Å². The Morgan fingerprint density at radius 1 is 1.16 bits per heavy atom. The second kappa shape index (κ2) is 6.35. The molecule has 2 aromatic rings. The molecule has 0 saturated carbocycles. The highest BCUT2D eigenvalue weighted by Gasteiger charge is 2.13. The summed E-state index contributed by atoms with van der Waals surface area (Å²) in [4.78, 5) is 13.0. The van der Waals surface area contributed by atoms with Crippen molar-refractivity contribution >= 4 is 38.9 Å². The molecule has 1 heterocycles. The van der Waals surface area contributed by atoms with Gasteiger partial charge in [-0.25, -0.2) is 0 Å². The SMILES string of the molecule is CCc1cccc(CC)c1NC(=O)c1ccc(Br)s1. The third kappa shape index (κ3) is 3.25. The van der Waals surface area contributed by atoms with E-state index in [2.05, 4.69) is 53.3 Å². The molecule has 0 spiro atoms. The summed E-state index contributed by atoms with van der Waals surface area (Å²) in [6.07, 6.45) is 1.83. The fourth-order valence-corrected chi connectivity index (χ4v) is 3.30. The zero-order valence-electron chi connectivity index (χ0n) is 11.0.